The van der Waals surface area contributed by atoms with E-state index in [-0.39, 0.29) is 18.8 Å². The number of amides is 1. The molecule has 0 radical (unpaired) electrons. The van der Waals surface area contributed by atoms with E-state index in [1.165, 1.54) is 7.11 Å². The lowest BCUT2D eigenvalue weighted by Crippen LogP contribution is -2.54. The van der Waals surface area contributed by atoms with Gasteiger partial charge in [0, 0.05) is 7.11 Å². The van der Waals surface area contributed by atoms with Crippen molar-refractivity contribution in [3.63, 3.8) is 0 Å². The summed E-state index contributed by atoms with van der Waals surface area (Å²) >= 11 is 0. The van der Waals surface area contributed by atoms with Crippen molar-refractivity contribution in [1.29, 1.82) is 0 Å². The van der Waals surface area contributed by atoms with Crippen molar-refractivity contribution >= 4 is 5.91 Å². The van der Waals surface area contributed by atoms with Crippen LogP contribution in [-0.4, -0.2) is 32.5 Å². The Balaban J connectivity index is 2.06. The Labute approximate surface area is 53.1 Å². The molecule has 0 aliphatic carbocycles. The number of carbonyl (C=O) groups excluding carboxylic acids is 1. The number of hydrogen-bond donors (Lipinski definition) is 1. The van der Waals surface area contributed by atoms with Crippen molar-refractivity contribution in [2.75, 3.05) is 20.4 Å². The molecule has 1 amide bonds. The molecule has 9 heavy (non-hydrogen) atoms. The SMILES string of the molecule is COCOC1CNC1=O. The molecule has 0 bridgehead atoms. The highest BCUT2D eigenvalue weighted by atomic mass is 16.7. The fourth-order valence-electron chi connectivity index (χ4n) is 0.554. The molecule has 1 heterocycles. The van der Waals surface area contributed by atoms with Gasteiger partial charge in [0.25, 0.3) is 5.91 Å². The van der Waals surface area contributed by atoms with E-state index in [4.69, 9.17) is 4.74 Å². The van der Waals surface area contributed by atoms with Crippen molar-refractivity contribution in [3.05, 3.63) is 0 Å². The second-order valence-electron chi connectivity index (χ2n) is 1.81. The van der Waals surface area contributed by atoms with Crippen LogP contribution in [0.4, 0.5) is 0 Å². The fourth-order valence-corrected chi connectivity index (χ4v) is 0.554. The van der Waals surface area contributed by atoms with E-state index in [9.17, 15) is 4.79 Å². The van der Waals surface area contributed by atoms with Gasteiger partial charge in [0.1, 0.15) is 6.79 Å². The first kappa shape index (κ1) is 6.51. The molecule has 1 N–H and O–H groups in total. The molecule has 1 fully saturated rings. The Kier molecular flexibility index (Phi) is 2.02. The van der Waals surface area contributed by atoms with Gasteiger partial charge in [-0.15, -0.1) is 0 Å². The van der Waals surface area contributed by atoms with Crippen LogP contribution in [-0.2, 0) is 14.3 Å². The minimum Gasteiger partial charge on any atom is -0.359 e. The highest BCUT2D eigenvalue weighted by Crippen LogP contribution is 1.98. The predicted molar refractivity (Wildman–Crippen MR) is 29.8 cm³/mol. The first-order valence-electron chi connectivity index (χ1n) is 2.73. The van der Waals surface area contributed by atoms with Gasteiger partial charge in [0.15, 0.2) is 6.10 Å². The Bertz CT molecular complexity index is 115. The lowest BCUT2D eigenvalue weighted by Gasteiger charge is -2.25. The summed E-state index contributed by atoms with van der Waals surface area (Å²) in [4.78, 5) is 10.4. The van der Waals surface area contributed by atoms with Crippen molar-refractivity contribution in [3.8, 4) is 0 Å². The molecule has 52 valence electrons. The van der Waals surface area contributed by atoms with Gasteiger partial charge in [0.2, 0.25) is 0 Å². The monoisotopic (exact) mass is 131 g/mol. The molecule has 0 aromatic heterocycles. The normalized spacial score (nSPS) is 25.0. The number of carbonyl (C=O) groups is 1. The highest BCUT2D eigenvalue weighted by Gasteiger charge is 2.27. The van der Waals surface area contributed by atoms with Gasteiger partial charge in [-0.05, 0) is 0 Å². The van der Waals surface area contributed by atoms with E-state index < -0.39 is 0 Å². The summed E-state index contributed by atoms with van der Waals surface area (Å²) in [6, 6.07) is 0. The first-order chi connectivity index (χ1) is 4.34. The molecule has 1 rings (SSSR count). The van der Waals surface area contributed by atoms with Gasteiger partial charge in [-0.1, -0.05) is 0 Å². The molecule has 1 saturated heterocycles. The zero-order chi connectivity index (χ0) is 6.69. The first-order valence-corrected chi connectivity index (χ1v) is 2.73. The second kappa shape index (κ2) is 2.80. The molecule has 0 saturated carbocycles. The summed E-state index contributed by atoms with van der Waals surface area (Å²) < 4.78 is 9.50. The zero-order valence-corrected chi connectivity index (χ0v) is 5.22. The average Bonchev–Trinajstić information content (AvgIpc) is 1.86. The largest absolute Gasteiger partial charge is 0.359 e. The van der Waals surface area contributed by atoms with Crippen LogP contribution < -0.4 is 5.32 Å². The summed E-state index contributed by atoms with van der Waals surface area (Å²) in [6.45, 7) is 0.806. The third-order valence-electron chi connectivity index (χ3n) is 1.14. The van der Waals surface area contributed by atoms with E-state index >= 15 is 0 Å². The van der Waals surface area contributed by atoms with Crippen LogP contribution in [0.25, 0.3) is 0 Å². The summed E-state index contributed by atoms with van der Waals surface area (Å²) in [5.41, 5.74) is 0. The van der Waals surface area contributed by atoms with Crippen molar-refractivity contribution in [2.24, 2.45) is 0 Å². The summed E-state index contributed by atoms with van der Waals surface area (Å²) in [6.07, 6.45) is -0.273. The molecular weight excluding hydrogens is 122 g/mol. The number of methoxy groups -OCH3 is 1. The molecule has 1 aliphatic heterocycles. The topological polar surface area (TPSA) is 47.6 Å². The number of rotatable bonds is 3. The maximum atomic E-state index is 10.4. The van der Waals surface area contributed by atoms with Crippen LogP contribution in [0.3, 0.4) is 0 Å². The van der Waals surface area contributed by atoms with Crippen LogP contribution in [0.5, 0.6) is 0 Å². The number of nitrogens with one attached hydrogen (secondary N) is 1. The van der Waals surface area contributed by atoms with Crippen LogP contribution in [0.1, 0.15) is 0 Å². The number of ether oxygens (including phenoxy) is 2. The standard InChI is InChI=1S/C5H9NO3/c1-8-3-9-4-2-6-5(4)7/h4H,2-3H2,1H3,(H,6,7). The Morgan fingerprint density at radius 3 is 3.00 bits per heavy atom. The van der Waals surface area contributed by atoms with Gasteiger partial charge < -0.3 is 14.8 Å². The quantitative estimate of drug-likeness (QED) is 0.399. The molecular formula is C5H9NO3. The smallest absolute Gasteiger partial charge is 0.251 e. The Hall–Kier alpha value is -0.610. The number of hydrogen-bond acceptors (Lipinski definition) is 3. The third kappa shape index (κ3) is 1.40. The lowest BCUT2D eigenvalue weighted by molar-refractivity contribution is -0.152. The fraction of sp³-hybridized carbons (Fsp3) is 0.800. The molecule has 0 aromatic carbocycles. The second-order valence-corrected chi connectivity index (χ2v) is 1.81. The van der Waals surface area contributed by atoms with E-state index in [0.29, 0.717) is 6.54 Å². The van der Waals surface area contributed by atoms with Crippen LogP contribution in [0.15, 0.2) is 0 Å². The van der Waals surface area contributed by atoms with Gasteiger partial charge in [-0.3, -0.25) is 4.79 Å². The molecule has 4 heteroatoms. The summed E-state index contributed by atoms with van der Waals surface area (Å²) in [5.74, 6) is -0.0490. The van der Waals surface area contributed by atoms with Gasteiger partial charge >= 0.3 is 0 Å². The molecule has 1 unspecified atom stereocenters. The third-order valence-corrected chi connectivity index (χ3v) is 1.14. The van der Waals surface area contributed by atoms with E-state index in [2.05, 4.69) is 10.1 Å². The lowest BCUT2D eigenvalue weighted by atomic mass is 10.2. The predicted octanol–water partition coefficient (Wildman–Crippen LogP) is -0.895. The van der Waals surface area contributed by atoms with Crippen molar-refractivity contribution in [1.82, 2.24) is 5.32 Å². The Morgan fingerprint density at radius 1 is 1.89 bits per heavy atom. The molecule has 0 aromatic rings. The van der Waals surface area contributed by atoms with Crippen LogP contribution in [0.2, 0.25) is 0 Å². The molecule has 1 atom stereocenters. The van der Waals surface area contributed by atoms with Crippen molar-refractivity contribution < 1.29 is 14.3 Å². The van der Waals surface area contributed by atoms with Gasteiger partial charge in [-0.25, -0.2) is 0 Å². The summed E-state index contributed by atoms with van der Waals surface area (Å²) in [7, 11) is 1.52. The summed E-state index contributed by atoms with van der Waals surface area (Å²) in [5, 5.41) is 2.55. The molecule has 4 nitrogen and oxygen atoms in total. The maximum absolute atomic E-state index is 10.4. The van der Waals surface area contributed by atoms with E-state index in [1.54, 1.807) is 0 Å². The molecule has 1 aliphatic rings. The highest BCUT2D eigenvalue weighted by molar-refractivity contribution is 5.86. The van der Waals surface area contributed by atoms with Crippen LogP contribution in [0, 0.1) is 0 Å². The van der Waals surface area contributed by atoms with Crippen molar-refractivity contribution in [2.45, 2.75) is 6.10 Å². The minimum absolute atomic E-state index is 0.0490. The van der Waals surface area contributed by atoms with Gasteiger partial charge in [-0.2, -0.15) is 0 Å². The molecule has 0 spiro atoms. The van der Waals surface area contributed by atoms with E-state index in [0.717, 1.165) is 0 Å². The Morgan fingerprint density at radius 2 is 2.67 bits per heavy atom. The van der Waals surface area contributed by atoms with E-state index in [1.807, 2.05) is 0 Å². The van der Waals surface area contributed by atoms with Gasteiger partial charge in [0.05, 0.1) is 6.54 Å². The maximum Gasteiger partial charge on any atom is 0.251 e. The minimum atomic E-state index is -0.273. The zero-order valence-electron chi connectivity index (χ0n) is 5.22. The van der Waals surface area contributed by atoms with Crippen LogP contribution >= 0.6 is 0 Å². The number of β-lactam (4-membered cyclic amide) rings is 1. The average molecular weight is 131 g/mol.